The van der Waals surface area contributed by atoms with Gasteiger partial charge in [0.05, 0.1) is 12.8 Å². The van der Waals surface area contributed by atoms with Crippen LogP contribution in [-0.2, 0) is 0 Å². The number of rotatable bonds is 5. The van der Waals surface area contributed by atoms with Crippen LogP contribution in [-0.4, -0.2) is 33.8 Å². The third-order valence-electron chi connectivity index (χ3n) is 4.89. The quantitative estimate of drug-likeness (QED) is 0.897. The van der Waals surface area contributed by atoms with Crippen molar-refractivity contribution in [3.05, 3.63) is 24.3 Å². The van der Waals surface area contributed by atoms with E-state index >= 15 is 0 Å². The van der Waals surface area contributed by atoms with E-state index in [1.54, 1.807) is 7.11 Å². The third-order valence-corrected chi connectivity index (χ3v) is 4.89. The fourth-order valence-electron chi connectivity index (χ4n) is 3.70. The molecule has 1 aromatic carbocycles. The predicted octanol–water partition coefficient (Wildman–Crippen LogP) is 3.55. The Morgan fingerprint density at radius 2 is 2.05 bits per heavy atom. The van der Waals surface area contributed by atoms with Gasteiger partial charge in [0, 0.05) is 19.6 Å². The van der Waals surface area contributed by atoms with Crippen molar-refractivity contribution in [2.24, 2.45) is 11.3 Å². The van der Waals surface area contributed by atoms with Gasteiger partial charge in [0.1, 0.15) is 5.75 Å². The van der Waals surface area contributed by atoms with Crippen LogP contribution in [0.4, 0.5) is 5.69 Å². The minimum atomic E-state index is 0.458. The highest BCUT2D eigenvalue weighted by molar-refractivity contribution is 5.57. The van der Waals surface area contributed by atoms with Crippen LogP contribution in [0, 0.1) is 11.3 Å². The van der Waals surface area contributed by atoms with E-state index in [1.807, 2.05) is 12.1 Å². The first-order valence-corrected chi connectivity index (χ1v) is 7.98. The minimum Gasteiger partial charge on any atom is -0.495 e. The smallest absolute Gasteiger partial charge is 0.142 e. The van der Waals surface area contributed by atoms with Gasteiger partial charge in [-0.3, -0.25) is 0 Å². The van der Waals surface area contributed by atoms with Gasteiger partial charge in [-0.2, -0.15) is 0 Å². The van der Waals surface area contributed by atoms with Gasteiger partial charge in [0.25, 0.3) is 0 Å². The minimum absolute atomic E-state index is 0.458. The zero-order valence-corrected chi connectivity index (χ0v) is 14.1. The van der Waals surface area contributed by atoms with E-state index in [0.29, 0.717) is 17.4 Å². The van der Waals surface area contributed by atoms with Crippen molar-refractivity contribution in [2.75, 3.05) is 32.6 Å². The summed E-state index contributed by atoms with van der Waals surface area (Å²) in [5, 5.41) is 3.52. The van der Waals surface area contributed by atoms with Crippen molar-refractivity contribution >= 4 is 5.69 Å². The van der Waals surface area contributed by atoms with Crippen LogP contribution >= 0.6 is 0 Å². The van der Waals surface area contributed by atoms with E-state index in [0.717, 1.165) is 12.3 Å². The zero-order chi connectivity index (χ0) is 15.5. The Labute approximate surface area is 129 Å². The maximum atomic E-state index is 5.49. The summed E-state index contributed by atoms with van der Waals surface area (Å²) in [6.07, 6.45) is 3.86. The molecule has 1 aromatic rings. The molecule has 2 atom stereocenters. The van der Waals surface area contributed by atoms with Gasteiger partial charge < -0.3 is 15.0 Å². The van der Waals surface area contributed by atoms with Gasteiger partial charge in [0.2, 0.25) is 0 Å². The second-order valence-electron chi connectivity index (χ2n) is 7.11. The molecule has 1 aliphatic carbocycles. The van der Waals surface area contributed by atoms with Crippen molar-refractivity contribution in [1.82, 2.24) is 5.32 Å². The number of hydrogen-bond acceptors (Lipinski definition) is 3. The SMILES string of the molecule is CNC1CCC(C)(C)CC1CN(C)c1ccccc1OC. The van der Waals surface area contributed by atoms with Gasteiger partial charge in [0.15, 0.2) is 0 Å². The highest BCUT2D eigenvalue weighted by Gasteiger charge is 2.34. The van der Waals surface area contributed by atoms with Crippen LogP contribution < -0.4 is 15.0 Å². The Hall–Kier alpha value is -1.22. The normalized spacial score (nSPS) is 24.6. The second-order valence-corrected chi connectivity index (χ2v) is 7.11. The number of nitrogens with zero attached hydrogens (tertiary/aromatic N) is 1. The van der Waals surface area contributed by atoms with Crippen LogP contribution in [0.25, 0.3) is 0 Å². The standard InChI is InChI=1S/C18H30N2O/c1-18(2)11-10-15(19-3)14(12-18)13-20(4)16-8-6-7-9-17(16)21-5/h6-9,14-15,19H,10-13H2,1-5H3. The number of hydrogen-bond donors (Lipinski definition) is 1. The zero-order valence-electron chi connectivity index (χ0n) is 14.1. The Morgan fingerprint density at radius 3 is 2.71 bits per heavy atom. The summed E-state index contributed by atoms with van der Waals surface area (Å²) >= 11 is 0. The monoisotopic (exact) mass is 290 g/mol. The van der Waals surface area contributed by atoms with E-state index in [1.165, 1.54) is 24.9 Å². The van der Waals surface area contributed by atoms with E-state index in [9.17, 15) is 0 Å². The van der Waals surface area contributed by atoms with Crippen molar-refractivity contribution in [2.45, 2.75) is 39.2 Å². The molecular formula is C18H30N2O. The Morgan fingerprint density at radius 1 is 1.33 bits per heavy atom. The van der Waals surface area contributed by atoms with Gasteiger partial charge >= 0.3 is 0 Å². The predicted molar refractivity (Wildman–Crippen MR) is 90.2 cm³/mol. The average molecular weight is 290 g/mol. The number of para-hydroxylation sites is 2. The van der Waals surface area contributed by atoms with E-state index in [2.05, 4.69) is 50.3 Å². The molecule has 1 aliphatic rings. The molecule has 2 rings (SSSR count). The first-order chi connectivity index (χ1) is 9.96. The summed E-state index contributed by atoms with van der Waals surface area (Å²) in [7, 11) is 6.01. The molecule has 0 aromatic heterocycles. The summed E-state index contributed by atoms with van der Waals surface area (Å²) in [4.78, 5) is 2.34. The Balaban J connectivity index is 2.11. The van der Waals surface area contributed by atoms with Gasteiger partial charge in [-0.1, -0.05) is 26.0 Å². The van der Waals surface area contributed by atoms with Crippen LogP contribution in [0.3, 0.4) is 0 Å². The molecule has 0 heterocycles. The molecule has 1 fully saturated rings. The molecule has 0 spiro atoms. The van der Waals surface area contributed by atoms with E-state index in [-0.39, 0.29) is 0 Å². The average Bonchev–Trinajstić information content (AvgIpc) is 2.46. The number of benzene rings is 1. The molecule has 0 saturated heterocycles. The number of methoxy groups -OCH3 is 1. The molecule has 1 N–H and O–H groups in total. The fourth-order valence-corrected chi connectivity index (χ4v) is 3.70. The number of ether oxygens (including phenoxy) is 1. The highest BCUT2D eigenvalue weighted by Crippen LogP contribution is 2.39. The maximum absolute atomic E-state index is 5.49. The Kier molecular flexibility index (Phi) is 5.15. The van der Waals surface area contributed by atoms with E-state index in [4.69, 9.17) is 4.74 Å². The lowest BCUT2D eigenvalue weighted by Crippen LogP contribution is -2.45. The lowest BCUT2D eigenvalue weighted by atomic mass is 9.69. The van der Waals surface area contributed by atoms with Gasteiger partial charge in [-0.15, -0.1) is 0 Å². The largest absolute Gasteiger partial charge is 0.495 e. The molecule has 0 aliphatic heterocycles. The topological polar surface area (TPSA) is 24.5 Å². The molecule has 0 bridgehead atoms. The maximum Gasteiger partial charge on any atom is 0.142 e. The number of nitrogens with one attached hydrogen (secondary N) is 1. The second kappa shape index (κ2) is 6.69. The van der Waals surface area contributed by atoms with Crippen LogP contribution in [0.15, 0.2) is 24.3 Å². The van der Waals surface area contributed by atoms with Crippen LogP contribution in [0.1, 0.15) is 33.1 Å². The summed E-state index contributed by atoms with van der Waals surface area (Å²) in [5.41, 5.74) is 1.64. The van der Waals surface area contributed by atoms with Crippen molar-refractivity contribution in [3.8, 4) is 5.75 Å². The molecule has 0 amide bonds. The van der Waals surface area contributed by atoms with Gasteiger partial charge in [-0.05, 0) is 49.8 Å². The first kappa shape index (κ1) is 16.2. The Bertz CT molecular complexity index is 458. The molecule has 3 heteroatoms. The van der Waals surface area contributed by atoms with Crippen molar-refractivity contribution in [3.63, 3.8) is 0 Å². The molecule has 118 valence electrons. The first-order valence-electron chi connectivity index (χ1n) is 7.98. The summed E-state index contributed by atoms with van der Waals surface area (Å²) < 4.78 is 5.49. The molecule has 1 saturated carbocycles. The summed E-state index contributed by atoms with van der Waals surface area (Å²) in [6.45, 7) is 5.86. The molecule has 3 nitrogen and oxygen atoms in total. The fraction of sp³-hybridized carbons (Fsp3) is 0.667. The van der Waals surface area contributed by atoms with Crippen molar-refractivity contribution in [1.29, 1.82) is 0 Å². The lowest BCUT2D eigenvalue weighted by Gasteiger charge is -2.42. The number of anilines is 1. The van der Waals surface area contributed by atoms with E-state index < -0.39 is 0 Å². The molecular weight excluding hydrogens is 260 g/mol. The molecule has 2 unspecified atom stereocenters. The molecule has 0 radical (unpaired) electrons. The highest BCUT2D eigenvalue weighted by atomic mass is 16.5. The third kappa shape index (κ3) is 3.91. The summed E-state index contributed by atoms with van der Waals surface area (Å²) in [5.74, 6) is 1.63. The van der Waals surface area contributed by atoms with Crippen LogP contribution in [0.2, 0.25) is 0 Å². The van der Waals surface area contributed by atoms with Gasteiger partial charge in [-0.25, -0.2) is 0 Å². The van der Waals surface area contributed by atoms with Crippen LogP contribution in [0.5, 0.6) is 5.75 Å². The van der Waals surface area contributed by atoms with Crippen molar-refractivity contribution < 1.29 is 4.74 Å². The molecule has 21 heavy (non-hydrogen) atoms. The summed E-state index contributed by atoms with van der Waals surface area (Å²) in [6, 6.07) is 8.90. The lowest BCUT2D eigenvalue weighted by molar-refractivity contribution is 0.146.